The number of carbonyl (C=O) groups excluding carboxylic acids is 2. The molecule has 0 heterocycles. The Morgan fingerprint density at radius 3 is 2.41 bits per heavy atom. The van der Waals surface area contributed by atoms with Crippen LogP contribution < -0.4 is 5.32 Å². The maximum absolute atomic E-state index is 13.2. The smallest absolute Gasteiger partial charge is 0.242 e. The minimum Gasteiger partial charge on any atom is -0.355 e. The summed E-state index contributed by atoms with van der Waals surface area (Å²) in [5.74, 6) is -0.117. The molecule has 0 saturated carbocycles. The molecule has 144 valence electrons. The molecule has 0 bridgehead atoms. The highest BCUT2D eigenvalue weighted by molar-refractivity contribution is 5.88. The van der Waals surface area contributed by atoms with E-state index in [-0.39, 0.29) is 11.8 Å². The van der Waals surface area contributed by atoms with Gasteiger partial charge in [0.05, 0.1) is 6.42 Å². The van der Waals surface area contributed by atoms with E-state index in [1.54, 1.807) is 4.90 Å². The van der Waals surface area contributed by atoms with E-state index in [0.29, 0.717) is 25.9 Å². The molecule has 0 unspecified atom stereocenters. The number of nitrogens with one attached hydrogen (secondary N) is 1. The van der Waals surface area contributed by atoms with E-state index >= 15 is 0 Å². The Kier molecular flexibility index (Phi) is 7.59. The van der Waals surface area contributed by atoms with Crippen LogP contribution in [0.2, 0.25) is 0 Å². The summed E-state index contributed by atoms with van der Waals surface area (Å²) in [6.45, 7) is 8.89. The zero-order valence-electron chi connectivity index (χ0n) is 16.8. The van der Waals surface area contributed by atoms with Crippen molar-refractivity contribution in [3.05, 3.63) is 70.8 Å². The van der Waals surface area contributed by atoms with Crippen molar-refractivity contribution in [3.8, 4) is 0 Å². The number of rotatable bonds is 8. The molecule has 0 aliphatic heterocycles. The second-order valence-corrected chi connectivity index (χ2v) is 6.93. The zero-order chi connectivity index (χ0) is 19.8. The monoisotopic (exact) mass is 366 g/mol. The van der Waals surface area contributed by atoms with Crippen LogP contribution in [0.4, 0.5) is 0 Å². The number of hydrogen-bond donors (Lipinski definition) is 1. The summed E-state index contributed by atoms with van der Waals surface area (Å²) >= 11 is 0. The number of nitrogens with zero attached hydrogens (tertiary/aromatic N) is 1. The van der Waals surface area contributed by atoms with Crippen molar-refractivity contribution in [3.63, 3.8) is 0 Å². The lowest BCUT2D eigenvalue weighted by Gasteiger charge is -2.31. The van der Waals surface area contributed by atoms with Gasteiger partial charge in [0.25, 0.3) is 0 Å². The molecule has 1 N–H and O–H groups in total. The molecule has 2 rings (SSSR count). The molecule has 0 aliphatic carbocycles. The van der Waals surface area contributed by atoms with Gasteiger partial charge in [-0.15, -0.1) is 0 Å². The highest BCUT2D eigenvalue weighted by Crippen LogP contribution is 2.17. The normalized spacial score (nSPS) is 11.7. The summed E-state index contributed by atoms with van der Waals surface area (Å²) in [4.78, 5) is 27.5. The Morgan fingerprint density at radius 2 is 1.78 bits per heavy atom. The van der Waals surface area contributed by atoms with E-state index in [1.807, 2.05) is 76.2 Å². The number of carbonyl (C=O) groups is 2. The van der Waals surface area contributed by atoms with Crippen LogP contribution in [-0.2, 0) is 22.6 Å². The predicted octanol–water partition coefficient (Wildman–Crippen LogP) is 3.79. The van der Waals surface area contributed by atoms with Crippen molar-refractivity contribution in [2.24, 2.45) is 0 Å². The van der Waals surface area contributed by atoms with E-state index in [2.05, 4.69) is 5.32 Å². The van der Waals surface area contributed by atoms with Crippen molar-refractivity contribution in [1.29, 1.82) is 0 Å². The van der Waals surface area contributed by atoms with E-state index in [1.165, 1.54) is 0 Å². The molecule has 0 radical (unpaired) electrons. The summed E-state index contributed by atoms with van der Waals surface area (Å²) in [5, 5.41) is 2.87. The van der Waals surface area contributed by atoms with Crippen LogP contribution in [0.15, 0.2) is 48.5 Å². The fourth-order valence-corrected chi connectivity index (χ4v) is 3.28. The number of likely N-dealkylation sites (N-methyl/N-ethyl adjacent to an activating group) is 1. The number of benzene rings is 2. The standard InChI is InChI=1S/C23H30N2O2/c1-5-21(23(27)24-6-2)25(16-20-13-8-7-11-18(20)4)22(26)15-19-12-9-10-17(3)14-19/h7-14,21H,5-6,15-16H2,1-4H3,(H,24,27)/t21-/m0/s1. The van der Waals surface area contributed by atoms with E-state index in [0.717, 1.165) is 22.3 Å². The minimum atomic E-state index is -0.470. The van der Waals surface area contributed by atoms with Crippen LogP contribution in [0.3, 0.4) is 0 Å². The summed E-state index contributed by atoms with van der Waals surface area (Å²) in [5.41, 5.74) is 4.29. The van der Waals surface area contributed by atoms with Gasteiger partial charge >= 0.3 is 0 Å². The Labute approximate surface area is 162 Å². The van der Waals surface area contributed by atoms with Gasteiger partial charge in [-0.3, -0.25) is 9.59 Å². The first-order valence-corrected chi connectivity index (χ1v) is 9.63. The van der Waals surface area contributed by atoms with Crippen LogP contribution >= 0.6 is 0 Å². The lowest BCUT2D eigenvalue weighted by Crippen LogP contribution is -2.49. The Hall–Kier alpha value is -2.62. The van der Waals surface area contributed by atoms with Crippen LogP contribution in [-0.4, -0.2) is 29.3 Å². The zero-order valence-corrected chi connectivity index (χ0v) is 16.8. The highest BCUT2D eigenvalue weighted by atomic mass is 16.2. The van der Waals surface area contributed by atoms with Crippen LogP contribution in [0, 0.1) is 13.8 Å². The third-order valence-electron chi connectivity index (χ3n) is 4.78. The highest BCUT2D eigenvalue weighted by Gasteiger charge is 2.28. The van der Waals surface area contributed by atoms with Gasteiger partial charge < -0.3 is 10.2 Å². The second kappa shape index (κ2) is 9.91. The molecule has 0 saturated heterocycles. The quantitative estimate of drug-likeness (QED) is 0.773. The predicted molar refractivity (Wildman–Crippen MR) is 109 cm³/mol. The summed E-state index contributed by atoms with van der Waals surface area (Å²) in [6, 6.07) is 15.5. The first-order chi connectivity index (χ1) is 13.0. The molecule has 0 aromatic heterocycles. The third kappa shape index (κ3) is 5.68. The number of hydrogen-bond acceptors (Lipinski definition) is 2. The number of amides is 2. The lowest BCUT2D eigenvalue weighted by atomic mass is 10.0. The van der Waals surface area contributed by atoms with Gasteiger partial charge in [-0.05, 0) is 43.9 Å². The molecule has 1 atom stereocenters. The van der Waals surface area contributed by atoms with Crippen molar-refractivity contribution >= 4 is 11.8 Å². The molecular formula is C23H30N2O2. The molecule has 0 fully saturated rings. The summed E-state index contributed by atoms with van der Waals surface area (Å²) in [7, 11) is 0. The molecule has 2 aromatic carbocycles. The molecule has 27 heavy (non-hydrogen) atoms. The molecule has 2 amide bonds. The van der Waals surface area contributed by atoms with Crippen molar-refractivity contribution in [1.82, 2.24) is 10.2 Å². The van der Waals surface area contributed by atoms with Gasteiger partial charge in [0, 0.05) is 13.1 Å². The fraction of sp³-hybridized carbons (Fsp3) is 0.391. The first kappa shape index (κ1) is 20.7. The van der Waals surface area contributed by atoms with Crippen LogP contribution in [0.5, 0.6) is 0 Å². The van der Waals surface area contributed by atoms with Crippen LogP contribution in [0.25, 0.3) is 0 Å². The van der Waals surface area contributed by atoms with Gasteiger partial charge in [0.15, 0.2) is 0 Å². The van der Waals surface area contributed by atoms with Crippen LogP contribution in [0.1, 0.15) is 42.5 Å². The van der Waals surface area contributed by atoms with Crippen molar-refractivity contribution in [2.75, 3.05) is 6.54 Å². The number of aryl methyl sites for hydroxylation is 2. The third-order valence-corrected chi connectivity index (χ3v) is 4.78. The Morgan fingerprint density at radius 1 is 1.04 bits per heavy atom. The first-order valence-electron chi connectivity index (χ1n) is 9.63. The van der Waals surface area contributed by atoms with Gasteiger partial charge in [-0.25, -0.2) is 0 Å². The van der Waals surface area contributed by atoms with E-state index in [9.17, 15) is 9.59 Å². The molecule has 2 aromatic rings. The topological polar surface area (TPSA) is 49.4 Å². The fourth-order valence-electron chi connectivity index (χ4n) is 3.28. The summed E-state index contributed by atoms with van der Waals surface area (Å²) < 4.78 is 0. The van der Waals surface area contributed by atoms with Crippen molar-refractivity contribution in [2.45, 2.75) is 53.1 Å². The van der Waals surface area contributed by atoms with E-state index in [4.69, 9.17) is 0 Å². The molecule has 4 nitrogen and oxygen atoms in total. The average Bonchev–Trinajstić information content (AvgIpc) is 2.63. The van der Waals surface area contributed by atoms with Gasteiger partial charge in [-0.1, -0.05) is 61.0 Å². The van der Waals surface area contributed by atoms with E-state index < -0.39 is 6.04 Å². The largest absolute Gasteiger partial charge is 0.355 e. The maximum Gasteiger partial charge on any atom is 0.242 e. The van der Waals surface area contributed by atoms with Gasteiger partial charge in [0.2, 0.25) is 11.8 Å². The molecule has 0 spiro atoms. The molecule has 4 heteroatoms. The van der Waals surface area contributed by atoms with Gasteiger partial charge in [-0.2, -0.15) is 0 Å². The Balaban J connectivity index is 2.31. The maximum atomic E-state index is 13.2. The minimum absolute atomic E-state index is 0.0260. The lowest BCUT2D eigenvalue weighted by molar-refractivity contribution is -0.140. The average molecular weight is 367 g/mol. The molecular weight excluding hydrogens is 336 g/mol. The van der Waals surface area contributed by atoms with Gasteiger partial charge in [0.1, 0.15) is 6.04 Å². The molecule has 0 aliphatic rings. The SMILES string of the molecule is CCNC(=O)[C@H](CC)N(Cc1ccccc1C)C(=O)Cc1cccc(C)c1. The second-order valence-electron chi connectivity index (χ2n) is 6.93. The Bertz CT molecular complexity index is 785. The van der Waals surface area contributed by atoms with Crippen molar-refractivity contribution < 1.29 is 9.59 Å². The summed E-state index contributed by atoms with van der Waals surface area (Å²) in [6.07, 6.45) is 0.876.